The van der Waals surface area contributed by atoms with E-state index in [2.05, 4.69) is 29.4 Å². The highest BCUT2D eigenvalue weighted by Crippen LogP contribution is 2.61. The van der Waals surface area contributed by atoms with Crippen LogP contribution in [0.25, 0.3) is 0 Å². The second kappa shape index (κ2) is 4.93. The smallest absolute Gasteiger partial charge is 0.249 e. The molecule has 1 atom stereocenters. The third-order valence-corrected chi connectivity index (χ3v) is 6.71. The second-order valence-corrected chi connectivity index (χ2v) is 8.31. The van der Waals surface area contributed by atoms with Gasteiger partial charge >= 0.3 is 0 Å². The van der Waals surface area contributed by atoms with Crippen LogP contribution < -0.4 is 0 Å². The molecule has 0 aromatic heterocycles. The normalized spacial score (nSPS) is 40.8. The van der Waals surface area contributed by atoms with Crippen LogP contribution in [0.1, 0.15) is 56.6 Å². The van der Waals surface area contributed by atoms with Gasteiger partial charge in [-0.15, -0.1) is 0 Å². The number of amides is 1. The molecule has 3 heteroatoms. The minimum absolute atomic E-state index is 0.0938. The van der Waals surface area contributed by atoms with Gasteiger partial charge in [-0.05, 0) is 61.8 Å². The fourth-order valence-electron chi connectivity index (χ4n) is 6.18. The number of benzene rings is 1. The predicted molar refractivity (Wildman–Crippen MR) is 89.7 cm³/mol. The zero-order chi connectivity index (χ0) is 15.4. The van der Waals surface area contributed by atoms with E-state index < -0.39 is 0 Å². The van der Waals surface area contributed by atoms with Gasteiger partial charge in [0.1, 0.15) is 0 Å². The monoisotopic (exact) mass is 308 g/mol. The molecule has 1 heterocycles. The van der Waals surface area contributed by atoms with Gasteiger partial charge in [-0.1, -0.05) is 30.3 Å². The molecular formula is C20H24N2O. The van der Waals surface area contributed by atoms with Crippen LogP contribution in [0.2, 0.25) is 0 Å². The van der Waals surface area contributed by atoms with Crippen molar-refractivity contribution in [3.63, 3.8) is 0 Å². The summed E-state index contributed by atoms with van der Waals surface area (Å²) < 4.78 is 0. The summed E-state index contributed by atoms with van der Waals surface area (Å²) in [6.45, 7) is 0. The Morgan fingerprint density at radius 1 is 1.00 bits per heavy atom. The van der Waals surface area contributed by atoms with E-state index in [0.29, 0.717) is 5.91 Å². The topological polar surface area (TPSA) is 32.7 Å². The number of carbonyl (C=O) groups excluding carboxylic acids is 1. The number of hydrazone groups is 1. The Labute approximate surface area is 137 Å². The van der Waals surface area contributed by atoms with Crippen LogP contribution in [-0.4, -0.2) is 17.1 Å². The maximum Gasteiger partial charge on any atom is 0.249 e. The maximum absolute atomic E-state index is 13.5. The average Bonchev–Trinajstić information content (AvgIpc) is 3.03. The molecule has 4 fully saturated rings. The van der Waals surface area contributed by atoms with Gasteiger partial charge in [0.25, 0.3) is 0 Å². The Hall–Kier alpha value is -1.64. The lowest BCUT2D eigenvalue weighted by Crippen LogP contribution is -2.53. The summed E-state index contributed by atoms with van der Waals surface area (Å²) in [6, 6.07) is 10.5. The molecule has 23 heavy (non-hydrogen) atoms. The first-order valence-corrected chi connectivity index (χ1v) is 9.14. The van der Waals surface area contributed by atoms with Gasteiger partial charge in [-0.2, -0.15) is 5.10 Å². The molecule has 3 nitrogen and oxygen atoms in total. The predicted octanol–water partition coefficient (Wildman–Crippen LogP) is 4.16. The van der Waals surface area contributed by atoms with Crippen LogP contribution in [0.5, 0.6) is 0 Å². The van der Waals surface area contributed by atoms with E-state index in [9.17, 15) is 4.79 Å². The molecule has 4 bridgehead atoms. The van der Waals surface area contributed by atoms with Gasteiger partial charge < -0.3 is 0 Å². The van der Waals surface area contributed by atoms with Gasteiger partial charge in [-0.25, -0.2) is 5.01 Å². The Kier molecular flexibility index (Phi) is 2.95. The van der Waals surface area contributed by atoms with Crippen LogP contribution in [-0.2, 0) is 4.79 Å². The molecular weight excluding hydrogens is 284 g/mol. The molecule has 0 unspecified atom stereocenters. The fraction of sp³-hybridized carbons (Fsp3) is 0.600. The van der Waals surface area contributed by atoms with Crippen molar-refractivity contribution in [1.29, 1.82) is 0 Å². The van der Waals surface area contributed by atoms with Crippen molar-refractivity contribution >= 4 is 12.1 Å². The summed E-state index contributed by atoms with van der Waals surface area (Å²) in [5.74, 6) is 2.71. The van der Waals surface area contributed by atoms with Crippen molar-refractivity contribution in [2.45, 2.75) is 51.0 Å². The van der Waals surface area contributed by atoms with Gasteiger partial charge in [0.05, 0.1) is 11.5 Å². The lowest BCUT2D eigenvalue weighted by atomic mass is 9.49. The van der Waals surface area contributed by atoms with Gasteiger partial charge in [0.15, 0.2) is 0 Å². The average molecular weight is 308 g/mol. The lowest BCUT2D eigenvalue weighted by molar-refractivity contribution is -0.159. The van der Waals surface area contributed by atoms with Crippen molar-refractivity contribution in [2.75, 3.05) is 0 Å². The summed E-state index contributed by atoms with van der Waals surface area (Å²) in [6.07, 6.45) is 10.2. The highest BCUT2D eigenvalue weighted by Gasteiger charge is 2.56. The first kappa shape index (κ1) is 13.8. The Bertz CT molecular complexity index is 616. The molecule has 6 rings (SSSR count). The summed E-state index contributed by atoms with van der Waals surface area (Å²) in [5.41, 5.74) is 1.12. The largest absolute Gasteiger partial charge is 0.272 e. The van der Waals surface area contributed by atoms with Gasteiger partial charge in [0, 0.05) is 12.6 Å². The van der Waals surface area contributed by atoms with E-state index in [1.165, 1.54) is 24.8 Å². The third-order valence-electron chi connectivity index (χ3n) is 6.71. The standard InChI is InChI=1S/C20H24N2O/c23-19(20-11-14-8-15(12-20)10-16(9-14)13-20)22-18(6-7-21-22)17-4-2-1-3-5-17/h1-5,7,14-16,18H,6,8-13H2/t14?,15?,16?,18-,20?/m1/s1. The van der Waals surface area contributed by atoms with Crippen LogP contribution >= 0.6 is 0 Å². The Balaban J connectivity index is 1.45. The van der Waals surface area contributed by atoms with E-state index in [1.54, 1.807) is 0 Å². The number of hydrogen-bond acceptors (Lipinski definition) is 2. The van der Waals surface area contributed by atoms with E-state index in [-0.39, 0.29) is 11.5 Å². The molecule has 1 aromatic rings. The SMILES string of the molecule is O=C(N1N=CC[C@@H]1c1ccccc1)C12CC3CC(CC(C3)C1)C2. The van der Waals surface area contributed by atoms with Crippen molar-refractivity contribution < 1.29 is 4.79 Å². The van der Waals surface area contributed by atoms with Crippen molar-refractivity contribution in [3.05, 3.63) is 35.9 Å². The van der Waals surface area contributed by atoms with Crippen molar-refractivity contribution in [1.82, 2.24) is 5.01 Å². The molecule has 4 aliphatic carbocycles. The maximum atomic E-state index is 13.5. The summed E-state index contributed by atoms with van der Waals surface area (Å²) >= 11 is 0. The number of rotatable bonds is 2. The molecule has 1 amide bonds. The highest BCUT2D eigenvalue weighted by atomic mass is 16.2. The summed E-state index contributed by atoms with van der Waals surface area (Å²) in [5, 5.41) is 6.35. The zero-order valence-electron chi connectivity index (χ0n) is 13.5. The van der Waals surface area contributed by atoms with Crippen LogP contribution in [0.15, 0.2) is 35.4 Å². The molecule has 5 aliphatic rings. The molecule has 0 spiro atoms. The molecule has 0 radical (unpaired) electrons. The number of nitrogens with zero attached hydrogens (tertiary/aromatic N) is 2. The van der Waals surface area contributed by atoms with E-state index >= 15 is 0 Å². The first-order chi connectivity index (χ1) is 11.2. The van der Waals surface area contributed by atoms with Crippen molar-refractivity contribution in [3.8, 4) is 0 Å². The van der Waals surface area contributed by atoms with Crippen LogP contribution in [0, 0.1) is 23.2 Å². The van der Waals surface area contributed by atoms with Crippen LogP contribution in [0.3, 0.4) is 0 Å². The Morgan fingerprint density at radius 3 is 2.22 bits per heavy atom. The Morgan fingerprint density at radius 2 is 1.61 bits per heavy atom. The minimum Gasteiger partial charge on any atom is -0.272 e. The van der Waals surface area contributed by atoms with E-state index in [4.69, 9.17) is 0 Å². The first-order valence-electron chi connectivity index (χ1n) is 9.14. The van der Waals surface area contributed by atoms with E-state index in [0.717, 1.165) is 43.4 Å². The van der Waals surface area contributed by atoms with Crippen LogP contribution in [0.4, 0.5) is 0 Å². The number of hydrogen-bond donors (Lipinski definition) is 0. The highest BCUT2D eigenvalue weighted by molar-refractivity contribution is 5.85. The molecule has 1 aromatic carbocycles. The lowest BCUT2D eigenvalue weighted by Gasteiger charge is -2.56. The summed E-state index contributed by atoms with van der Waals surface area (Å²) in [4.78, 5) is 13.5. The molecule has 4 saturated carbocycles. The fourth-order valence-corrected chi connectivity index (χ4v) is 6.18. The molecule has 0 N–H and O–H groups in total. The molecule has 1 aliphatic heterocycles. The zero-order valence-corrected chi connectivity index (χ0v) is 13.5. The van der Waals surface area contributed by atoms with Gasteiger partial charge in [-0.3, -0.25) is 4.79 Å². The quantitative estimate of drug-likeness (QED) is 0.807. The molecule has 0 saturated heterocycles. The van der Waals surface area contributed by atoms with Crippen molar-refractivity contribution in [2.24, 2.45) is 28.3 Å². The third kappa shape index (κ3) is 2.09. The summed E-state index contributed by atoms with van der Waals surface area (Å²) in [7, 11) is 0. The number of carbonyl (C=O) groups is 1. The molecule has 120 valence electrons. The minimum atomic E-state index is -0.0938. The van der Waals surface area contributed by atoms with E-state index in [1.807, 2.05) is 17.3 Å². The second-order valence-electron chi connectivity index (χ2n) is 8.31. The van der Waals surface area contributed by atoms with Gasteiger partial charge in [0.2, 0.25) is 5.91 Å².